The highest BCUT2D eigenvalue weighted by atomic mass is 79.9. The summed E-state index contributed by atoms with van der Waals surface area (Å²) in [6.07, 6.45) is 4.69. The van der Waals surface area contributed by atoms with Crippen molar-refractivity contribution in [1.82, 2.24) is 30.4 Å². The SMILES string of the molecule is CC(NC(=O)NCc1cccnc1-n1cncn1)c1ccccc1Br. The Balaban J connectivity index is 1.63. The molecule has 0 aliphatic heterocycles. The summed E-state index contributed by atoms with van der Waals surface area (Å²) in [5.74, 6) is 0.638. The van der Waals surface area contributed by atoms with E-state index in [-0.39, 0.29) is 12.1 Å². The number of nitrogens with zero attached hydrogens (tertiary/aromatic N) is 4. The summed E-state index contributed by atoms with van der Waals surface area (Å²) in [5.41, 5.74) is 1.86. The molecule has 2 aromatic heterocycles. The third-order valence-electron chi connectivity index (χ3n) is 3.66. The molecule has 0 saturated heterocycles. The minimum Gasteiger partial charge on any atom is -0.334 e. The van der Waals surface area contributed by atoms with Crippen molar-refractivity contribution in [2.24, 2.45) is 0 Å². The molecular weight excluding hydrogens is 384 g/mol. The molecule has 7 nitrogen and oxygen atoms in total. The second kappa shape index (κ2) is 7.89. The average Bonchev–Trinajstić information content (AvgIpc) is 3.15. The van der Waals surface area contributed by atoms with E-state index in [0.29, 0.717) is 12.4 Å². The average molecular weight is 401 g/mol. The van der Waals surface area contributed by atoms with E-state index in [4.69, 9.17) is 0 Å². The van der Waals surface area contributed by atoms with Crippen molar-refractivity contribution in [3.05, 3.63) is 70.8 Å². The summed E-state index contributed by atoms with van der Waals surface area (Å²) in [7, 11) is 0. The van der Waals surface area contributed by atoms with Crippen LogP contribution in [0, 0.1) is 0 Å². The van der Waals surface area contributed by atoms with Crippen LogP contribution in [0.25, 0.3) is 5.82 Å². The number of aromatic nitrogens is 4. The van der Waals surface area contributed by atoms with Gasteiger partial charge in [0.2, 0.25) is 0 Å². The standard InChI is InChI=1S/C17H17BrN6O/c1-12(14-6-2-3-7-15(14)18)23-17(25)21-9-13-5-4-8-20-16(13)24-11-19-10-22-24/h2-8,10-12H,9H2,1H3,(H2,21,23,25). The van der Waals surface area contributed by atoms with E-state index in [2.05, 4.69) is 41.6 Å². The van der Waals surface area contributed by atoms with Gasteiger partial charge in [0.25, 0.3) is 0 Å². The molecular formula is C17H17BrN6O. The molecule has 1 unspecified atom stereocenters. The van der Waals surface area contributed by atoms with Crippen LogP contribution < -0.4 is 10.6 Å². The van der Waals surface area contributed by atoms with Gasteiger partial charge in [-0.1, -0.05) is 40.2 Å². The maximum absolute atomic E-state index is 12.2. The van der Waals surface area contributed by atoms with Crippen molar-refractivity contribution in [2.75, 3.05) is 0 Å². The molecule has 0 aliphatic carbocycles. The molecule has 0 fully saturated rings. The van der Waals surface area contributed by atoms with Crippen molar-refractivity contribution < 1.29 is 4.79 Å². The topological polar surface area (TPSA) is 84.7 Å². The van der Waals surface area contributed by atoms with Gasteiger partial charge in [-0.25, -0.2) is 19.4 Å². The number of nitrogens with one attached hydrogen (secondary N) is 2. The Morgan fingerprint density at radius 2 is 2.12 bits per heavy atom. The fraction of sp³-hybridized carbons (Fsp3) is 0.176. The fourth-order valence-corrected chi connectivity index (χ4v) is 3.05. The van der Waals surface area contributed by atoms with E-state index < -0.39 is 0 Å². The maximum atomic E-state index is 12.2. The van der Waals surface area contributed by atoms with Crippen molar-refractivity contribution >= 4 is 22.0 Å². The van der Waals surface area contributed by atoms with E-state index in [1.807, 2.05) is 43.3 Å². The van der Waals surface area contributed by atoms with Gasteiger partial charge in [-0.05, 0) is 24.6 Å². The summed E-state index contributed by atoms with van der Waals surface area (Å²) in [4.78, 5) is 20.4. The van der Waals surface area contributed by atoms with Crippen molar-refractivity contribution in [1.29, 1.82) is 0 Å². The minimum atomic E-state index is -0.253. The molecule has 0 spiro atoms. The van der Waals surface area contributed by atoms with Crippen molar-refractivity contribution in [3.63, 3.8) is 0 Å². The van der Waals surface area contributed by atoms with Crippen LogP contribution in [0.1, 0.15) is 24.1 Å². The first kappa shape index (κ1) is 17.1. The third-order valence-corrected chi connectivity index (χ3v) is 4.38. The van der Waals surface area contributed by atoms with Gasteiger partial charge in [0.05, 0.1) is 6.04 Å². The molecule has 2 N–H and O–H groups in total. The number of hydrogen-bond acceptors (Lipinski definition) is 4. The zero-order valence-corrected chi connectivity index (χ0v) is 15.1. The van der Waals surface area contributed by atoms with Gasteiger partial charge < -0.3 is 10.6 Å². The highest BCUT2D eigenvalue weighted by Gasteiger charge is 2.13. The zero-order valence-electron chi connectivity index (χ0n) is 13.6. The zero-order chi connectivity index (χ0) is 17.6. The minimum absolute atomic E-state index is 0.126. The predicted molar refractivity (Wildman–Crippen MR) is 97.1 cm³/mol. The molecule has 3 rings (SSSR count). The molecule has 2 amide bonds. The Kier molecular flexibility index (Phi) is 5.39. The molecule has 25 heavy (non-hydrogen) atoms. The number of pyridine rings is 1. The van der Waals surface area contributed by atoms with Gasteiger partial charge in [0, 0.05) is 22.8 Å². The Hall–Kier alpha value is -2.74. The number of urea groups is 1. The van der Waals surface area contributed by atoms with E-state index in [1.165, 1.54) is 6.33 Å². The Bertz CT molecular complexity index is 852. The lowest BCUT2D eigenvalue weighted by Crippen LogP contribution is -2.37. The molecule has 0 saturated carbocycles. The number of rotatable bonds is 5. The fourth-order valence-electron chi connectivity index (χ4n) is 2.42. The van der Waals surface area contributed by atoms with Crippen LogP contribution in [0.3, 0.4) is 0 Å². The largest absolute Gasteiger partial charge is 0.334 e. The van der Waals surface area contributed by atoms with E-state index in [9.17, 15) is 4.79 Å². The molecule has 8 heteroatoms. The first-order valence-electron chi connectivity index (χ1n) is 7.73. The van der Waals surface area contributed by atoms with Crippen LogP contribution in [0.15, 0.2) is 59.7 Å². The second-order valence-electron chi connectivity index (χ2n) is 5.40. The van der Waals surface area contributed by atoms with Crippen LogP contribution >= 0.6 is 15.9 Å². The highest BCUT2D eigenvalue weighted by molar-refractivity contribution is 9.10. The van der Waals surface area contributed by atoms with Crippen LogP contribution in [-0.4, -0.2) is 25.8 Å². The Morgan fingerprint density at radius 1 is 1.28 bits per heavy atom. The number of benzene rings is 1. The van der Waals surface area contributed by atoms with Crippen LogP contribution in [0.5, 0.6) is 0 Å². The molecule has 0 bridgehead atoms. The van der Waals surface area contributed by atoms with Crippen LogP contribution in [0.4, 0.5) is 4.79 Å². The normalized spacial score (nSPS) is 11.8. The molecule has 2 heterocycles. The first-order valence-corrected chi connectivity index (χ1v) is 8.52. The molecule has 1 aromatic carbocycles. The summed E-state index contributed by atoms with van der Waals surface area (Å²) < 4.78 is 2.53. The van der Waals surface area contributed by atoms with E-state index >= 15 is 0 Å². The second-order valence-corrected chi connectivity index (χ2v) is 6.25. The number of halogens is 1. The maximum Gasteiger partial charge on any atom is 0.315 e. The quantitative estimate of drug-likeness (QED) is 0.689. The van der Waals surface area contributed by atoms with E-state index in [1.54, 1.807) is 17.2 Å². The summed E-state index contributed by atoms with van der Waals surface area (Å²) >= 11 is 3.50. The molecule has 128 valence electrons. The molecule has 0 aliphatic rings. The summed E-state index contributed by atoms with van der Waals surface area (Å²) in [5, 5.41) is 9.86. The Labute approximate surface area is 153 Å². The van der Waals surface area contributed by atoms with Crippen LogP contribution in [0.2, 0.25) is 0 Å². The number of carbonyl (C=O) groups excluding carboxylic acids is 1. The van der Waals surface area contributed by atoms with E-state index in [0.717, 1.165) is 15.6 Å². The van der Waals surface area contributed by atoms with Gasteiger partial charge in [0.15, 0.2) is 5.82 Å². The number of carbonyl (C=O) groups is 1. The van der Waals surface area contributed by atoms with Gasteiger partial charge in [-0.3, -0.25) is 0 Å². The number of hydrogen-bond donors (Lipinski definition) is 2. The third kappa shape index (κ3) is 4.21. The van der Waals surface area contributed by atoms with Gasteiger partial charge in [0.1, 0.15) is 12.7 Å². The lowest BCUT2D eigenvalue weighted by atomic mass is 10.1. The van der Waals surface area contributed by atoms with Crippen molar-refractivity contribution in [3.8, 4) is 5.82 Å². The van der Waals surface area contributed by atoms with Gasteiger partial charge in [-0.15, -0.1) is 0 Å². The van der Waals surface area contributed by atoms with Crippen molar-refractivity contribution in [2.45, 2.75) is 19.5 Å². The highest BCUT2D eigenvalue weighted by Crippen LogP contribution is 2.22. The lowest BCUT2D eigenvalue weighted by Gasteiger charge is -2.17. The van der Waals surface area contributed by atoms with Crippen LogP contribution in [-0.2, 0) is 6.54 Å². The smallest absolute Gasteiger partial charge is 0.315 e. The predicted octanol–water partition coefficient (Wildman–Crippen LogP) is 2.99. The first-order chi connectivity index (χ1) is 12.1. The number of amides is 2. The Morgan fingerprint density at radius 3 is 2.88 bits per heavy atom. The monoisotopic (exact) mass is 400 g/mol. The van der Waals surface area contributed by atoms with Gasteiger partial charge >= 0.3 is 6.03 Å². The lowest BCUT2D eigenvalue weighted by molar-refractivity contribution is 0.237. The summed E-state index contributed by atoms with van der Waals surface area (Å²) in [6.45, 7) is 2.27. The molecule has 1 atom stereocenters. The molecule has 0 radical (unpaired) electrons. The van der Waals surface area contributed by atoms with Gasteiger partial charge in [-0.2, -0.15) is 5.10 Å². The molecule has 3 aromatic rings. The summed E-state index contributed by atoms with van der Waals surface area (Å²) in [6, 6.07) is 11.1.